The number of carbonyl (C=O) groups is 1. The van der Waals surface area contributed by atoms with Gasteiger partial charge >= 0.3 is 0 Å². The molecule has 0 spiro atoms. The van der Waals surface area contributed by atoms with Crippen LogP contribution in [0.2, 0.25) is 0 Å². The number of allylic oxidation sites excluding steroid dienone is 1. The Kier molecular flexibility index (Phi) is 4.66. The zero-order valence-electron chi connectivity index (χ0n) is 13.5. The zero-order chi connectivity index (χ0) is 16.9. The van der Waals surface area contributed by atoms with E-state index in [4.69, 9.17) is 0 Å². The van der Waals surface area contributed by atoms with Crippen LogP contribution in [0.3, 0.4) is 0 Å². The summed E-state index contributed by atoms with van der Waals surface area (Å²) >= 11 is 0. The van der Waals surface area contributed by atoms with E-state index < -0.39 is 0 Å². The lowest BCUT2D eigenvalue weighted by molar-refractivity contribution is -0.115. The number of anilines is 2. The predicted octanol–water partition coefficient (Wildman–Crippen LogP) is 4.53. The average Bonchev–Trinajstić information content (AvgIpc) is 2.80. The third kappa shape index (κ3) is 3.49. The van der Waals surface area contributed by atoms with E-state index in [-0.39, 0.29) is 11.7 Å². The van der Waals surface area contributed by atoms with Gasteiger partial charge in [-0.3, -0.25) is 4.79 Å². The van der Waals surface area contributed by atoms with Crippen molar-refractivity contribution < 1.29 is 9.90 Å². The number of rotatable bonds is 3. The number of aliphatic hydroxyl groups excluding tert-OH is 1. The molecule has 2 aromatic carbocycles. The molecular formula is C20H20N2O2. The van der Waals surface area contributed by atoms with Crippen LogP contribution in [0.15, 0.2) is 48.5 Å². The highest BCUT2D eigenvalue weighted by atomic mass is 16.3. The molecule has 0 aromatic heterocycles. The van der Waals surface area contributed by atoms with Gasteiger partial charge in [0.15, 0.2) is 0 Å². The van der Waals surface area contributed by atoms with Crippen molar-refractivity contribution in [2.45, 2.75) is 13.3 Å². The van der Waals surface area contributed by atoms with Crippen LogP contribution in [-0.4, -0.2) is 17.6 Å². The van der Waals surface area contributed by atoms with Gasteiger partial charge in [0, 0.05) is 18.5 Å². The van der Waals surface area contributed by atoms with Crippen LogP contribution in [0.5, 0.6) is 0 Å². The van der Waals surface area contributed by atoms with E-state index in [0.717, 1.165) is 28.1 Å². The van der Waals surface area contributed by atoms with E-state index in [0.29, 0.717) is 13.0 Å². The van der Waals surface area contributed by atoms with E-state index in [1.165, 1.54) is 0 Å². The summed E-state index contributed by atoms with van der Waals surface area (Å²) < 4.78 is 0. The second-order valence-electron chi connectivity index (χ2n) is 5.63. The highest BCUT2D eigenvalue weighted by Gasteiger charge is 2.13. The molecule has 0 unspecified atom stereocenters. The van der Waals surface area contributed by atoms with Crippen LogP contribution in [0.4, 0.5) is 11.4 Å². The quantitative estimate of drug-likeness (QED) is 0.575. The van der Waals surface area contributed by atoms with Crippen molar-refractivity contribution in [1.29, 1.82) is 0 Å². The maximum absolute atomic E-state index is 11.7. The molecule has 1 aliphatic rings. The van der Waals surface area contributed by atoms with Crippen molar-refractivity contribution in [3.8, 4) is 0 Å². The smallest absolute Gasteiger partial charge is 0.226 e. The third-order valence-electron chi connectivity index (χ3n) is 3.94. The number of benzene rings is 2. The number of hydrogen-bond acceptors (Lipinski definition) is 3. The van der Waals surface area contributed by atoms with Crippen LogP contribution in [-0.2, 0) is 4.79 Å². The van der Waals surface area contributed by atoms with Crippen molar-refractivity contribution in [2.24, 2.45) is 0 Å². The van der Waals surface area contributed by atoms with Crippen molar-refractivity contribution in [3.63, 3.8) is 0 Å². The average molecular weight is 320 g/mol. The largest absolute Gasteiger partial charge is 0.508 e. The van der Waals surface area contributed by atoms with E-state index in [1.54, 1.807) is 13.0 Å². The SMILES string of the molecule is C/C=C(\O)c1cccc(/C=C/c2cccc3c2NCCC(=O)N3)c1. The van der Waals surface area contributed by atoms with Gasteiger partial charge in [-0.15, -0.1) is 0 Å². The minimum Gasteiger partial charge on any atom is -0.508 e. The number of amides is 1. The summed E-state index contributed by atoms with van der Waals surface area (Å²) in [6.45, 7) is 2.42. The maximum atomic E-state index is 11.7. The molecule has 0 radical (unpaired) electrons. The Morgan fingerprint density at radius 2 is 2.00 bits per heavy atom. The van der Waals surface area contributed by atoms with Gasteiger partial charge in [-0.05, 0) is 36.3 Å². The molecule has 0 fully saturated rings. The molecule has 2 aromatic rings. The Balaban J connectivity index is 1.90. The first-order valence-corrected chi connectivity index (χ1v) is 7.98. The standard InChI is InChI=1S/C20H20N2O2/c1-2-18(23)16-7-3-5-14(13-16)9-10-15-6-4-8-17-20(15)21-12-11-19(24)22-17/h2-10,13,21,23H,11-12H2,1H3,(H,22,24)/b10-9+,18-2-. The van der Waals surface area contributed by atoms with Crippen LogP contribution >= 0.6 is 0 Å². The Morgan fingerprint density at radius 3 is 2.83 bits per heavy atom. The van der Waals surface area contributed by atoms with Crippen molar-refractivity contribution in [2.75, 3.05) is 17.2 Å². The summed E-state index contributed by atoms with van der Waals surface area (Å²) in [7, 11) is 0. The molecule has 0 aliphatic carbocycles. The Hall–Kier alpha value is -3.01. The molecule has 3 rings (SSSR count). The minimum absolute atomic E-state index is 0.0249. The number of hydrogen-bond donors (Lipinski definition) is 3. The fraction of sp³-hybridized carbons (Fsp3) is 0.150. The van der Waals surface area contributed by atoms with Gasteiger partial charge in [-0.25, -0.2) is 0 Å². The van der Waals surface area contributed by atoms with E-state index in [1.807, 2.05) is 54.6 Å². The molecule has 3 N–H and O–H groups in total. The van der Waals surface area contributed by atoms with Gasteiger partial charge in [0.1, 0.15) is 5.76 Å². The molecule has 4 heteroatoms. The number of para-hydroxylation sites is 1. The zero-order valence-corrected chi connectivity index (χ0v) is 13.5. The molecular weight excluding hydrogens is 300 g/mol. The Morgan fingerprint density at radius 1 is 1.17 bits per heavy atom. The van der Waals surface area contributed by atoms with Crippen LogP contribution in [0, 0.1) is 0 Å². The summed E-state index contributed by atoms with van der Waals surface area (Å²) in [6, 6.07) is 13.5. The molecule has 24 heavy (non-hydrogen) atoms. The van der Waals surface area contributed by atoms with Crippen LogP contribution in [0.25, 0.3) is 17.9 Å². The van der Waals surface area contributed by atoms with Gasteiger partial charge in [0.2, 0.25) is 5.91 Å². The first kappa shape index (κ1) is 15.9. The summed E-state index contributed by atoms with van der Waals surface area (Å²) in [5.41, 5.74) is 4.54. The van der Waals surface area contributed by atoms with Gasteiger partial charge in [0.25, 0.3) is 0 Å². The number of carbonyl (C=O) groups excluding carboxylic acids is 1. The first-order valence-electron chi connectivity index (χ1n) is 7.98. The van der Waals surface area contributed by atoms with Crippen LogP contribution in [0.1, 0.15) is 30.0 Å². The van der Waals surface area contributed by atoms with Gasteiger partial charge in [-0.2, -0.15) is 0 Å². The second kappa shape index (κ2) is 7.04. The predicted molar refractivity (Wildman–Crippen MR) is 99.8 cm³/mol. The van der Waals surface area contributed by atoms with Gasteiger partial charge in [-0.1, -0.05) is 42.5 Å². The normalized spacial score (nSPS) is 14.7. The van der Waals surface area contributed by atoms with E-state index in [9.17, 15) is 9.90 Å². The summed E-state index contributed by atoms with van der Waals surface area (Å²) in [5.74, 6) is 0.292. The van der Waals surface area contributed by atoms with Gasteiger partial charge < -0.3 is 15.7 Å². The maximum Gasteiger partial charge on any atom is 0.226 e. The molecule has 122 valence electrons. The minimum atomic E-state index is 0.0249. The molecule has 0 bridgehead atoms. The number of fused-ring (bicyclic) bond motifs is 1. The third-order valence-corrected chi connectivity index (χ3v) is 3.94. The Labute approximate surface area is 141 Å². The monoisotopic (exact) mass is 320 g/mol. The topological polar surface area (TPSA) is 61.4 Å². The van der Waals surface area contributed by atoms with Crippen molar-refractivity contribution in [1.82, 2.24) is 0 Å². The summed E-state index contributed by atoms with van der Waals surface area (Å²) in [5, 5.41) is 16.1. The lowest BCUT2D eigenvalue weighted by Gasteiger charge is -2.11. The molecule has 1 amide bonds. The van der Waals surface area contributed by atoms with E-state index >= 15 is 0 Å². The lowest BCUT2D eigenvalue weighted by atomic mass is 10.1. The van der Waals surface area contributed by atoms with E-state index in [2.05, 4.69) is 10.6 Å². The van der Waals surface area contributed by atoms with Crippen molar-refractivity contribution in [3.05, 3.63) is 65.2 Å². The molecule has 0 saturated heterocycles. The first-order chi connectivity index (χ1) is 11.7. The fourth-order valence-corrected chi connectivity index (χ4v) is 2.68. The summed E-state index contributed by atoms with van der Waals surface area (Å²) in [6.07, 6.45) is 6.14. The number of aliphatic hydroxyl groups is 1. The molecule has 0 atom stereocenters. The lowest BCUT2D eigenvalue weighted by Crippen LogP contribution is -2.10. The molecule has 1 heterocycles. The highest BCUT2D eigenvalue weighted by Crippen LogP contribution is 2.29. The molecule has 1 aliphatic heterocycles. The Bertz CT molecular complexity index is 822. The van der Waals surface area contributed by atoms with Crippen molar-refractivity contribution >= 4 is 35.2 Å². The second-order valence-corrected chi connectivity index (χ2v) is 5.63. The highest BCUT2D eigenvalue weighted by molar-refractivity contribution is 5.98. The fourth-order valence-electron chi connectivity index (χ4n) is 2.68. The molecule has 4 nitrogen and oxygen atoms in total. The molecule has 0 saturated carbocycles. The van der Waals surface area contributed by atoms with Gasteiger partial charge in [0.05, 0.1) is 11.4 Å². The number of nitrogens with one attached hydrogen (secondary N) is 2. The van der Waals surface area contributed by atoms with Crippen LogP contribution < -0.4 is 10.6 Å². The summed E-state index contributed by atoms with van der Waals surface area (Å²) in [4.78, 5) is 11.7.